The number of fused-ring (bicyclic) bond motifs is 1. The zero-order valence-corrected chi connectivity index (χ0v) is 15.7. The molecule has 28 heavy (non-hydrogen) atoms. The zero-order chi connectivity index (χ0) is 19.5. The Bertz CT molecular complexity index is 1110. The molecule has 0 aliphatic heterocycles. The van der Waals surface area contributed by atoms with Crippen LogP contribution < -0.4 is 5.32 Å². The smallest absolute Gasteiger partial charge is 0.251 e. The van der Waals surface area contributed by atoms with Gasteiger partial charge >= 0.3 is 0 Å². The van der Waals surface area contributed by atoms with Crippen LogP contribution in [0.5, 0.6) is 0 Å². The van der Waals surface area contributed by atoms with Gasteiger partial charge in [-0.2, -0.15) is 4.98 Å². The van der Waals surface area contributed by atoms with Gasteiger partial charge in [-0.3, -0.25) is 9.78 Å². The van der Waals surface area contributed by atoms with Crippen LogP contribution in [0.3, 0.4) is 0 Å². The van der Waals surface area contributed by atoms with Crippen LogP contribution in [0, 0.1) is 5.92 Å². The Morgan fingerprint density at radius 2 is 1.86 bits per heavy atom. The van der Waals surface area contributed by atoms with Crippen molar-refractivity contribution in [1.82, 2.24) is 20.4 Å². The highest BCUT2D eigenvalue weighted by Gasteiger charge is 2.25. The normalized spacial score (nSPS) is 12.2. The molecule has 2 aromatic heterocycles. The van der Waals surface area contributed by atoms with Crippen molar-refractivity contribution >= 4 is 16.7 Å². The maximum absolute atomic E-state index is 12.8. The van der Waals surface area contributed by atoms with Crippen LogP contribution in [0.1, 0.15) is 36.1 Å². The standard InChI is InChI=1S/C22H20N4O2/c1-14(2)19(22-25-20(26-28-22)18-8-5-11-23-13-18)24-21(27)17-10-9-15-6-3-4-7-16(15)12-17/h3-14,19H,1-2H3,(H,24,27). The maximum atomic E-state index is 12.8. The summed E-state index contributed by atoms with van der Waals surface area (Å²) < 4.78 is 5.45. The number of hydrogen-bond donors (Lipinski definition) is 1. The van der Waals surface area contributed by atoms with E-state index in [1.165, 1.54) is 0 Å². The second-order valence-electron chi connectivity index (χ2n) is 6.96. The van der Waals surface area contributed by atoms with Crippen molar-refractivity contribution in [2.45, 2.75) is 19.9 Å². The van der Waals surface area contributed by atoms with E-state index in [1.54, 1.807) is 12.4 Å². The van der Waals surface area contributed by atoms with Crippen molar-refractivity contribution in [2.75, 3.05) is 0 Å². The minimum atomic E-state index is -0.392. The Morgan fingerprint density at radius 3 is 2.61 bits per heavy atom. The fourth-order valence-corrected chi connectivity index (χ4v) is 3.04. The van der Waals surface area contributed by atoms with Gasteiger partial charge in [-0.15, -0.1) is 0 Å². The summed E-state index contributed by atoms with van der Waals surface area (Å²) in [5.74, 6) is 0.730. The lowest BCUT2D eigenvalue weighted by atomic mass is 10.0. The van der Waals surface area contributed by atoms with Gasteiger partial charge in [0, 0.05) is 23.5 Å². The average molecular weight is 372 g/mol. The van der Waals surface area contributed by atoms with Crippen molar-refractivity contribution in [2.24, 2.45) is 5.92 Å². The Hall–Kier alpha value is -3.54. The Morgan fingerprint density at radius 1 is 1.04 bits per heavy atom. The number of amides is 1. The minimum Gasteiger partial charge on any atom is -0.340 e. The molecule has 4 aromatic rings. The van der Waals surface area contributed by atoms with E-state index in [9.17, 15) is 4.79 Å². The van der Waals surface area contributed by atoms with E-state index in [-0.39, 0.29) is 11.8 Å². The lowest BCUT2D eigenvalue weighted by molar-refractivity contribution is 0.0914. The summed E-state index contributed by atoms with van der Waals surface area (Å²) >= 11 is 0. The van der Waals surface area contributed by atoms with Gasteiger partial charge < -0.3 is 9.84 Å². The molecule has 4 rings (SSSR count). The third-order valence-corrected chi connectivity index (χ3v) is 4.59. The molecule has 0 bridgehead atoms. The van der Waals surface area contributed by atoms with Gasteiger partial charge in [0.1, 0.15) is 6.04 Å². The first-order valence-electron chi connectivity index (χ1n) is 9.15. The Labute approximate surface area is 162 Å². The molecule has 1 amide bonds. The molecule has 2 heterocycles. The summed E-state index contributed by atoms with van der Waals surface area (Å²) in [6, 6.07) is 16.9. The molecule has 1 atom stereocenters. The summed E-state index contributed by atoms with van der Waals surface area (Å²) in [6.45, 7) is 4.00. The molecule has 0 aliphatic rings. The highest BCUT2D eigenvalue weighted by molar-refractivity contribution is 5.98. The van der Waals surface area contributed by atoms with Crippen LogP contribution in [0.25, 0.3) is 22.2 Å². The summed E-state index contributed by atoms with van der Waals surface area (Å²) in [6.07, 6.45) is 3.36. The molecular formula is C22H20N4O2. The molecule has 0 fully saturated rings. The van der Waals surface area contributed by atoms with Gasteiger partial charge in [-0.05, 0) is 41.0 Å². The Kier molecular flexibility index (Phi) is 4.85. The third kappa shape index (κ3) is 3.62. The van der Waals surface area contributed by atoms with Gasteiger partial charge in [0.2, 0.25) is 11.7 Å². The molecular weight excluding hydrogens is 352 g/mol. The second kappa shape index (κ2) is 7.60. The van der Waals surface area contributed by atoms with Crippen molar-refractivity contribution in [3.63, 3.8) is 0 Å². The molecule has 0 radical (unpaired) electrons. The van der Waals surface area contributed by atoms with Crippen molar-refractivity contribution in [3.05, 3.63) is 78.4 Å². The fraction of sp³-hybridized carbons (Fsp3) is 0.182. The largest absolute Gasteiger partial charge is 0.340 e. The van der Waals surface area contributed by atoms with E-state index in [0.717, 1.165) is 16.3 Å². The third-order valence-electron chi connectivity index (χ3n) is 4.59. The lowest BCUT2D eigenvalue weighted by Gasteiger charge is -2.18. The van der Waals surface area contributed by atoms with E-state index in [0.29, 0.717) is 17.3 Å². The first-order valence-corrected chi connectivity index (χ1v) is 9.15. The van der Waals surface area contributed by atoms with Crippen molar-refractivity contribution < 1.29 is 9.32 Å². The predicted octanol–water partition coefficient (Wildman–Crippen LogP) is 4.41. The van der Waals surface area contributed by atoms with E-state index >= 15 is 0 Å². The van der Waals surface area contributed by atoms with Crippen LogP contribution in [0.2, 0.25) is 0 Å². The summed E-state index contributed by atoms with van der Waals surface area (Å²) in [4.78, 5) is 21.4. The number of nitrogens with one attached hydrogen (secondary N) is 1. The van der Waals surface area contributed by atoms with Crippen molar-refractivity contribution in [1.29, 1.82) is 0 Å². The molecule has 6 heteroatoms. The number of aromatic nitrogens is 3. The molecule has 0 saturated carbocycles. The van der Waals surface area contributed by atoms with Gasteiger partial charge in [0.05, 0.1) is 0 Å². The van der Waals surface area contributed by atoms with E-state index in [4.69, 9.17) is 4.52 Å². The summed E-state index contributed by atoms with van der Waals surface area (Å²) in [5, 5.41) is 9.18. The lowest BCUT2D eigenvalue weighted by Crippen LogP contribution is -2.32. The molecule has 6 nitrogen and oxygen atoms in total. The molecule has 0 aliphatic carbocycles. The van der Waals surface area contributed by atoms with E-state index in [1.807, 2.05) is 68.4 Å². The average Bonchev–Trinajstić information content (AvgIpc) is 3.21. The van der Waals surface area contributed by atoms with Crippen LogP contribution in [0.4, 0.5) is 0 Å². The molecule has 2 aromatic carbocycles. The molecule has 1 N–H and O–H groups in total. The van der Waals surface area contributed by atoms with Gasteiger partial charge in [-0.25, -0.2) is 0 Å². The first kappa shape index (κ1) is 17.9. The number of nitrogens with zero attached hydrogens (tertiary/aromatic N) is 3. The number of hydrogen-bond acceptors (Lipinski definition) is 5. The topological polar surface area (TPSA) is 80.9 Å². The minimum absolute atomic E-state index is 0.0756. The highest BCUT2D eigenvalue weighted by atomic mass is 16.5. The van der Waals surface area contributed by atoms with E-state index < -0.39 is 6.04 Å². The second-order valence-corrected chi connectivity index (χ2v) is 6.96. The zero-order valence-electron chi connectivity index (χ0n) is 15.7. The van der Waals surface area contributed by atoms with Crippen molar-refractivity contribution in [3.8, 4) is 11.4 Å². The summed E-state index contributed by atoms with van der Waals surface area (Å²) in [7, 11) is 0. The Balaban J connectivity index is 1.58. The van der Waals surface area contributed by atoms with Gasteiger partial charge in [0.25, 0.3) is 5.91 Å². The van der Waals surface area contributed by atoms with Crippen LogP contribution in [-0.2, 0) is 0 Å². The van der Waals surface area contributed by atoms with Crippen LogP contribution in [-0.4, -0.2) is 21.0 Å². The first-order chi connectivity index (χ1) is 13.6. The van der Waals surface area contributed by atoms with Crippen LogP contribution in [0.15, 0.2) is 71.5 Å². The maximum Gasteiger partial charge on any atom is 0.251 e. The van der Waals surface area contributed by atoms with Crippen LogP contribution >= 0.6 is 0 Å². The fourth-order valence-electron chi connectivity index (χ4n) is 3.04. The number of carbonyl (C=O) groups excluding carboxylic acids is 1. The van der Waals surface area contributed by atoms with Gasteiger partial charge in [0.15, 0.2) is 0 Å². The molecule has 1 unspecified atom stereocenters. The SMILES string of the molecule is CC(C)C(NC(=O)c1ccc2ccccc2c1)c1nc(-c2cccnc2)no1. The summed E-state index contributed by atoms with van der Waals surface area (Å²) in [5.41, 5.74) is 1.36. The number of carbonyl (C=O) groups is 1. The number of pyridine rings is 1. The molecule has 140 valence electrons. The number of benzene rings is 2. The molecule has 0 saturated heterocycles. The quantitative estimate of drug-likeness (QED) is 0.561. The highest BCUT2D eigenvalue weighted by Crippen LogP contribution is 2.24. The van der Waals surface area contributed by atoms with Gasteiger partial charge in [-0.1, -0.05) is 49.3 Å². The monoisotopic (exact) mass is 372 g/mol. The molecule has 0 spiro atoms. The van der Waals surface area contributed by atoms with E-state index in [2.05, 4.69) is 20.4 Å². The number of rotatable bonds is 5. The predicted molar refractivity (Wildman–Crippen MR) is 107 cm³/mol.